The van der Waals surface area contributed by atoms with Crippen LogP contribution in [0.15, 0.2) is 76.3 Å². The molecule has 0 bridgehead atoms. The Labute approximate surface area is 167 Å². The van der Waals surface area contributed by atoms with Gasteiger partial charge in [-0.2, -0.15) is 10.2 Å². The lowest BCUT2D eigenvalue weighted by Crippen LogP contribution is -2.21. The number of carboxylic acid groups (broad SMARTS) is 1. The number of allylic oxidation sites excluding steroid dienone is 1. The molecule has 1 heterocycles. The van der Waals surface area contributed by atoms with Gasteiger partial charge in [0.1, 0.15) is 0 Å². The van der Waals surface area contributed by atoms with Crippen molar-refractivity contribution in [2.75, 3.05) is 0 Å². The Kier molecular flexibility index (Phi) is 4.69. The van der Waals surface area contributed by atoms with Crippen LogP contribution >= 0.6 is 11.3 Å². The van der Waals surface area contributed by atoms with E-state index in [1.165, 1.54) is 33.7 Å². The van der Waals surface area contributed by atoms with Gasteiger partial charge < -0.3 is 5.11 Å². The highest BCUT2D eigenvalue weighted by Crippen LogP contribution is 2.43. The molecule has 0 radical (unpaired) electrons. The summed E-state index contributed by atoms with van der Waals surface area (Å²) in [4.78, 5) is 12.2. The summed E-state index contributed by atoms with van der Waals surface area (Å²) in [5, 5.41) is 19.7. The van der Waals surface area contributed by atoms with Gasteiger partial charge in [-0.05, 0) is 76.4 Å². The molecule has 1 aromatic heterocycles. The molecule has 28 heavy (non-hydrogen) atoms. The highest BCUT2D eigenvalue weighted by molar-refractivity contribution is 7.11. The van der Waals surface area contributed by atoms with Gasteiger partial charge in [-0.25, -0.2) is 4.79 Å². The Bertz CT molecular complexity index is 1080. The molecule has 1 N–H and O–H groups in total. The molecule has 0 fully saturated rings. The zero-order chi connectivity index (χ0) is 19.7. The molecule has 0 saturated carbocycles. The molecule has 4 nitrogen and oxygen atoms in total. The number of hydrogen-bond acceptors (Lipinski definition) is 4. The second-order valence-electron chi connectivity index (χ2n) is 7.47. The predicted octanol–water partition coefficient (Wildman–Crippen LogP) is 6.97. The highest BCUT2D eigenvalue weighted by Gasteiger charge is 2.29. The first-order valence-corrected chi connectivity index (χ1v) is 9.96. The van der Waals surface area contributed by atoms with Gasteiger partial charge in [0.2, 0.25) is 0 Å². The van der Waals surface area contributed by atoms with Gasteiger partial charge >= 0.3 is 5.97 Å². The third kappa shape index (κ3) is 3.53. The summed E-state index contributed by atoms with van der Waals surface area (Å²) in [7, 11) is 0. The molecule has 0 aliphatic heterocycles. The lowest BCUT2D eigenvalue weighted by atomic mass is 9.73. The summed E-state index contributed by atoms with van der Waals surface area (Å²) in [5.41, 5.74) is 5.50. The second kappa shape index (κ2) is 7.17. The number of fused-ring (bicyclic) bond motifs is 1. The molecule has 3 aromatic rings. The van der Waals surface area contributed by atoms with Crippen molar-refractivity contribution in [1.29, 1.82) is 0 Å². The fourth-order valence-electron chi connectivity index (χ4n) is 3.44. The van der Waals surface area contributed by atoms with Crippen LogP contribution in [0.1, 0.15) is 46.6 Å². The third-order valence-electron chi connectivity index (χ3n) is 5.02. The summed E-state index contributed by atoms with van der Waals surface area (Å²) in [6.45, 7) is 4.53. The van der Waals surface area contributed by atoms with Gasteiger partial charge in [-0.15, -0.1) is 11.3 Å². The molecule has 1 aliphatic rings. The Morgan fingerprint density at radius 1 is 1.04 bits per heavy atom. The summed E-state index contributed by atoms with van der Waals surface area (Å²) in [5.74, 6) is -0.950. The van der Waals surface area contributed by atoms with E-state index in [0.29, 0.717) is 5.69 Å². The van der Waals surface area contributed by atoms with E-state index in [9.17, 15) is 4.79 Å². The quantitative estimate of drug-likeness (QED) is 0.490. The lowest BCUT2D eigenvalue weighted by Gasteiger charge is -2.32. The van der Waals surface area contributed by atoms with E-state index >= 15 is 0 Å². The van der Waals surface area contributed by atoms with E-state index in [1.54, 1.807) is 23.5 Å². The van der Waals surface area contributed by atoms with Crippen LogP contribution in [0.5, 0.6) is 0 Å². The maximum absolute atomic E-state index is 11.0. The minimum atomic E-state index is -0.950. The number of carbonyl (C=O) groups is 1. The maximum Gasteiger partial charge on any atom is 0.335 e. The van der Waals surface area contributed by atoms with Crippen molar-refractivity contribution in [1.82, 2.24) is 0 Å². The van der Waals surface area contributed by atoms with E-state index in [2.05, 4.69) is 59.8 Å². The SMILES string of the molecule is CC1(C)CC=C(c2cccs2)c2cc(N=Nc3ccc(C(=O)O)cc3)ccc21. The van der Waals surface area contributed by atoms with Crippen LogP contribution in [0.2, 0.25) is 0 Å². The molecular weight excluding hydrogens is 368 g/mol. The first kappa shape index (κ1) is 18.3. The number of benzene rings is 2. The first-order chi connectivity index (χ1) is 13.4. The lowest BCUT2D eigenvalue weighted by molar-refractivity contribution is 0.0697. The van der Waals surface area contributed by atoms with E-state index in [-0.39, 0.29) is 11.0 Å². The Morgan fingerprint density at radius 2 is 1.75 bits per heavy atom. The van der Waals surface area contributed by atoms with Crippen molar-refractivity contribution in [2.24, 2.45) is 10.2 Å². The van der Waals surface area contributed by atoms with E-state index < -0.39 is 5.97 Å². The third-order valence-corrected chi connectivity index (χ3v) is 5.92. The number of nitrogens with zero attached hydrogens (tertiary/aromatic N) is 2. The van der Waals surface area contributed by atoms with Crippen molar-refractivity contribution >= 4 is 34.3 Å². The summed E-state index contributed by atoms with van der Waals surface area (Å²) in [6, 6.07) is 16.8. The number of carboxylic acids is 1. The van der Waals surface area contributed by atoms with Crippen molar-refractivity contribution in [2.45, 2.75) is 25.7 Å². The van der Waals surface area contributed by atoms with E-state index in [1.807, 2.05) is 6.07 Å². The van der Waals surface area contributed by atoms with Crippen molar-refractivity contribution in [3.05, 3.63) is 87.6 Å². The highest BCUT2D eigenvalue weighted by atomic mass is 32.1. The summed E-state index contributed by atoms with van der Waals surface area (Å²) < 4.78 is 0. The minimum absolute atomic E-state index is 0.0818. The van der Waals surface area contributed by atoms with E-state index in [0.717, 1.165) is 12.1 Å². The second-order valence-corrected chi connectivity index (χ2v) is 8.41. The first-order valence-electron chi connectivity index (χ1n) is 9.08. The van der Waals surface area contributed by atoms with Gasteiger partial charge in [0, 0.05) is 4.88 Å². The summed E-state index contributed by atoms with van der Waals surface area (Å²) >= 11 is 1.74. The molecule has 1 aliphatic carbocycles. The molecule has 4 rings (SSSR count). The largest absolute Gasteiger partial charge is 0.478 e. The molecule has 0 saturated heterocycles. The molecule has 140 valence electrons. The van der Waals surface area contributed by atoms with Crippen molar-refractivity contribution in [3.63, 3.8) is 0 Å². The number of aromatic carboxylic acids is 1. The summed E-state index contributed by atoms with van der Waals surface area (Å²) in [6.07, 6.45) is 3.32. The zero-order valence-electron chi connectivity index (χ0n) is 15.7. The molecule has 0 unspecified atom stereocenters. The van der Waals surface area contributed by atoms with Crippen LogP contribution in [0.3, 0.4) is 0 Å². The number of azo groups is 1. The minimum Gasteiger partial charge on any atom is -0.478 e. The van der Waals surface area contributed by atoms with Gasteiger partial charge in [0.15, 0.2) is 0 Å². The van der Waals surface area contributed by atoms with Crippen LogP contribution in [0.4, 0.5) is 11.4 Å². The van der Waals surface area contributed by atoms with Crippen LogP contribution in [-0.4, -0.2) is 11.1 Å². The molecular formula is C23H20N2O2S. The van der Waals surface area contributed by atoms with Crippen LogP contribution < -0.4 is 0 Å². The van der Waals surface area contributed by atoms with Crippen molar-refractivity contribution in [3.8, 4) is 0 Å². The van der Waals surface area contributed by atoms with Gasteiger partial charge in [-0.1, -0.05) is 32.1 Å². The Morgan fingerprint density at radius 3 is 2.43 bits per heavy atom. The van der Waals surface area contributed by atoms with Crippen LogP contribution in [0.25, 0.3) is 5.57 Å². The van der Waals surface area contributed by atoms with Crippen LogP contribution in [-0.2, 0) is 5.41 Å². The van der Waals surface area contributed by atoms with Crippen LogP contribution in [0, 0.1) is 0 Å². The fraction of sp³-hybridized carbons (Fsp3) is 0.174. The zero-order valence-corrected chi connectivity index (χ0v) is 16.5. The number of thiophene rings is 1. The smallest absolute Gasteiger partial charge is 0.335 e. The standard InChI is InChI=1S/C23H20N2O2S/c1-23(2)12-11-18(21-4-3-13-28-21)19-14-17(9-10-20(19)23)25-24-16-7-5-15(6-8-16)22(26)27/h3-11,13-14H,12H2,1-2H3,(H,26,27). The molecule has 0 amide bonds. The van der Waals surface area contributed by atoms with E-state index in [4.69, 9.17) is 5.11 Å². The Hall–Kier alpha value is -3.05. The average molecular weight is 388 g/mol. The average Bonchev–Trinajstić information content (AvgIpc) is 3.21. The normalized spacial score (nSPS) is 15.3. The van der Waals surface area contributed by atoms with Gasteiger partial charge in [0.05, 0.1) is 16.9 Å². The fourth-order valence-corrected chi connectivity index (χ4v) is 4.22. The topological polar surface area (TPSA) is 62.0 Å². The molecule has 0 atom stereocenters. The number of hydrogen-bond donors (Lipinski definition) is 1. The van der Waals surface area contributed by atoms with Crippen molar-refractivity contribution < 1.29 is 9.90 Å². The molecule has 5 heteroatoms. The van der Waals surface area contributed by atoms with Gasteiger partial charge in [0.25, 0.3) is 0 Å². The monoisotopic (exact) mass is 388 g/mol. The maximum atomic E-state index is 11.0. The predicted molar refractivity (Wildman–Crippen MR) is 113 cm³/mol. The Balaban J connectivity index is 1.68. The molecule has 0 spiro atoms. The molecule has 2 aromatic carbocycles. The van der Waals surface area contributed by atoms with Gasteiger partial charge in [-0.3, -0.25) is 0 Å². The number of rotatable bonds is 4.